The summed E-state index contributed by atoms with van der Waals surface area (Å²) in [7, 11) is 0. The molecular formula is C24H31FN6. The van der Waals surface area contributed by atoms with Crippen LogP contribution >= 0.6 is 0 Å². The molecule has 3 aromatic rings. The number of nitrogens with zero attached hydrogens (tertiary/aromatic N) is 4. The Balaban J connectivity index is 1.79. The number of hydrogen-bond acceptors (Lipinski definition) is 5. The van der Waals surface area contributed by atoms with Crippen molar-refractivity contribution < 1.29 is 4.39 Å². The molecule has 6 nitrogen and oxygen atoms in total. The van der Waals surface area contributed by atoms with Crippen LogP contribution in [0.3, 0.4) is 0 Å². The van der Waals surface area contributed by atoms with Gasteiger partial charge in [-0.15, -0.1) is 0 Å². The first-order chi connectivity index (χ1) is 14.4. The zero-order valence-electron chi connectivity index (χ0n) is 19.1. The van der Waals surface area contributed by atoms with E-state index in [1.54, 1.807) is 12.1 Å². The van der Waals surface area contributed by atoms with Gasteiger partial charge in [-0.25, -0.2) is 14.4 Å². The number of halogens is 1. The Morgan fingerprint density at radius 2 is 1.68 bits per heavy atom. The maximum absolute atomic E-state index is 13.5. The van der Waals surface area contributed by atoms with E-state index >= 15 is 0 Å². The number of nitrogen functional groups attached to an aromatic ring is 1. The average molecular weight is 423 g/mol. The standard InChI is InChI=1S/C24H31FN6/c1-23(2,3)13-31-20-17(28-22(31)26)12-11-16(27-20)19-18(14-7-9-15(25)10-8-14)29-21(30-19)24(4,5)6/h7-12,18-19H,13H2,1-6H3,(H2,26,28)(H,29,30). The fourth-order valence-corrected chi connectivity index (χ4v) is 3.89. The summed E-state index contributed by atoms with van der Waals surface area (Å²) in [4.78, 5) is 14.5. The van der Waals surface area contributed by atoms with E-state index < -0.39 is 0 Å². The van der Waals surface area contributed by atoms with Crippen molar-refractivity contribution in [3.05, 3.63) is 53.5 Å². The van der Waals surface area contributed by atoms with Crippen molar-refractivity contribution in [2.45, 2.75) is 60.2 Å². The lowest BCUT2D eigenvalue weighted by Gasteiger charge is -2.23. The molecule has 31 heavy (non-hydrogen) atoms. The molecule has 0 bridgehead atoms. The Labute approximate surface area is 182 Å². The molecular weight excluding hydrogens is 391 g/mol. The monoisotopic (exact) mass is 422 g/mol. The number of nitrogens with two attached hydrogens (primary N) is 1. The van der Waals surface area contributed by atoms with Crippen LogP contribution in [0.4, 0.5) is 10.3 Å². The highest BCUT2D eigenvalue weighted by Gasteiger charge is 2.36. The van der Waals surface area contributed by atoms with E-state index in [1.165, 1.54) is 12.1 Å². The largest absolute Gasteiger partial charge is 0.369 e. The second-order valence-electron chi connectivity index (χ2n) is 10.5. The minimum atomic E-state index is -0.257. The van der Waals surface area contributed by atoms with Crippen LogP contribution in [0, 0.1) is 16.6 Å². The molecule has 7 heteroatoms. The SMILES string of the molecule is CC(C)(C)Cn1c(N)nc2ccc(C3NC(C(C)(C)C)=NC3c3ccc(F)cc3)nc21. The molecule has 1 aliphatic heterocycles. The number of fused-ring (bicyclic) bond motifs is 1. The van der Waals surface area contributed by atoms with E-state index in [1.807, 2.05) is 16.7 Å². The Morgan fingerprint density at radius 1 is 1.00 bits per heavy atom. The molecule has 3 N–H and O–H groups in total. The normalized spacial score (nSPS) is 19.5. The summed E-state index contributed by atoms with van der Waals surface area (Å²) in [5.74, 6) is 1.12. The molecule has 3 heterocycles. The highest BCUT2D eigenvalue weighted by Crippen LogP contribution is 2.39. The van der Waals surface area contributed by atoms with Crippen LogP contribution < -0.4 is 11.1 Å². The molecule has 4 rings (SSSR count). The number of amidine groups is 1. The molecule has 2 aromatic heterocycles. The van der Waals surface area contributed by atoms with Gasteiger partial charge in [0.05, 0.1) is 11.7 Å². The van der Waals surface area contributed by atoms with Crippen LogP contribution in [-0.2, 0) is 6.54 Å². The van der Waals surface area contributed by atoms with E-state index in [9.17, 15) is 4.39 Å². The fraction of sp³-hybridized carbons (Fsp3) is 0.458. The Bertz CT molecular complexity index is 1130. The minimum absolute atomic E-state index is 0.0320. The van der Waals surface area contributed by atoms with E-state index in [-0.39, 0.29) is 28.7 Å². The molecule has 0 fully saturated rings. The van der Waals surface area contributed by atoms with Crippen molar-refractivity contribution >= 4 is 22.9 Å². The van der Waals surface area contributed by atoms with Crippen molar-refractivity contribution in [1.29, 1.82) is 0 Å². The topological polar surface area (TPSA) is 81.1 Å². The van der Waals surface area contributed by atoms with Crippen molar-refractivity contribution in [1.82, 2.24) is 19.9 Å². The van der Waals surface area contributed by atoms with Gasteiger partial charge in [-0.1, -0.05) is 53.7 Å². The number of hydrogen-bond donors (Lipinski definition) is 2. The molecule has 2 atom stereocenters. The molecule has 0 amide bonds. The zero-order valence-corrected chi connectivity index (χ0v) is 19.1. The van der Waals surface area contributed by atoms with Crippen molar-refractivity contribution in [3.8, 4) is 0 Å². The molecule has 0 spiro atoms. The van der Waals surface area contributed by atoms with Gasteiger partial charge in [0.2, 0.25) is 5.95 Å². The predicted octanol–water partition coefficient (Wildman–Crippen LogP) is 5.03. The third kappa shape index (κ3) is 4.27. The molecule has 1 aromatic carbocycles. The first-order valence-corrected chi connectivity index (χ1v) is 10.7. The van der Waals surface area contributed by atoms with Gasteiger partial charge >= 0.3 is 0 Å². The summed E-state index contributed by atoms with van der Waals surface area (Å²) in [6, 6.07) is 10.1. The highest BCUT2D eigenvalue weighted by molar-refractivity contribution is 5.89. The van der Waals surface area contributed by atoms with Crippen molar-refractivity contribution in [2.24, 2.45) is 15.8 Å². The molecule has 0 radical (unpaired) electrons. The van der Waals surface area contributed by atoms with Gasteiger partial charge < -0.3 is 11.1 Å². The minimum Gasteiger partial charge on any atom is -0.369 e. The third-order valence-corrected chi connectivity index (χ3v) is 5.39. The maximum atomic E-state index is 13.5. The third-order valence-electron chi connectivity index (χ3n) is 5.39. The summed E-state index contributed by atoms with van der Waals surface area (Å²) in [6.45, 7) is 13.6. The summed E-state index contributed by atoms with van der Waals surface area (Å²) >= 11 is 0. The Morgan fingerprint density at radius 3 is 2.29 bits per heavy atom. The number of imidazole rings is 1. The van der Waals surface area contributed by atoms with Crippen LogP contribution in [0.1, 0.15) is 64.9 Å². The summed E-state index contributed by atoms with van der Waals surface area (Å²) in [5, 5.41) is 3.58. The van der Waals surface area contributed by atoms with Crippen LogP contribution in [0.5, 0.6) is 0 Å². The van der Waals surface area contributed by atoms with Gasteiger partial charge in [0.15, 0.2) is 5.65 Å². The average Bonchev–Trinajstić information content (AvgIpc) is 3.23. The first-order valence-electron chi connectivity index (χ1n) is 10.7. The highest BCUT2D eigenvalue weighted by atomic mass is 19.1. The fourth-order valence-electron chi connectivity index (χ4n) is 3.89. The number of aliphatic imine (C=N–C) groups is 1. The number of rotatable bonds is 3. The van der Waals surface area contributed by atoms with Crippen LogP contribution in [0.15, 0.2) is 41.4 Å². The number of anilines is 1. The maximum Gasteiger partial charge on any atom is 0.202 e. The number of nitrogens with one attached hydrogen (secondary N) is 1. The zero-order chi connectivity index (χ0) is 22.6. The van der Waals surface area contributed by atoms with E-state index in [0.29, 0.717) is 5.95 Å². The number of aromatic nitrogens is 3. The van der Waals surface area contributed by atoms with Crippen molar-refractivity contribution in [2.75, 3.05) is 5.73 Å². The predicted molar refractivity (Wildman–Crippen MR) is 123 cm³/mol. The van der Waals surface area contributed by atoms with Gasteiger partial charge in [-0.3, -0.25) is 9.56 Å². The molecule has 0 saturated carbocycles. The van der Waals surface area contributed by atoms with Gasteiger partial charge in [0.25, 0.3) is 0 Å². The smallest absolute Gasteiger partial charge is 0.202 e. The second kappa shape index (κ2) is 7.32. The van der Waals surface area contributed by atoms with Crippen molar-refractivity contribution in [3.63, 3.8) is 0 Å². The van der Waals surface area contributed by atoms with E-state index in [4.69, 9.17) is 15.7 Å². The summed E-state index contributed by atoms with van der Waals surface area (Å²) in [5.41, 5.74) is 9.46. The lowest BCUT2D eigenvalue weighted by molar-refractivity contribution is 0.350. The second-order valence-corrected chi connectivity index (χ2v) is 10.5. The summed E-state index contributed by atoms with van der Waals surface area (Å²) < 4.78 is 15.5. The van der Waals surface area contributed by atoms with Gasteiger partial charge in [0.1, 0.15) is 23.2 Å². The first kappa shape index (κ1) is 21.3. The van der Waals surface area contributed by atoms with Crippen LogP contribution in [0.25, 0.3) is 11.2 Å². The molecule has 164 valence electrons. The van der Waals surface area contributed by atoms with Crippen LogP contribution in [0.2, 0.25) is 0 Å². The van der Waals surface area contributed by atoms with Gasteiger partial charge in [0, 0.05) is 12.0 Å². The van der Waals surface area contributed by atoms with Crippen LogP contribution in [-0.4, -0.2) is 20.4 Å². The summed E-state index contributed by atoms with van der Waals surface area (Å²) in [6.07, 6.45) is 0. The Kier molecular flexibility index (Phi) is 5.03. The van der Waals surface area contributed by atoms with E-state index in [2.05, 4.69) is 51.8 Å². The molecule has 0 aliphatic carbocycles. The van der Waals surface area contributed by atoms with E-state index in [0.717, 1.165) is 34.8 Å². The molecule has 0 saturated heterocycles. The number of benzene rings is 1. The van der Waals surface area contributed by atoms with Gasteiger partial charge in [-0.2, -0.15) is 0 Å². The lowest BCUT2D eigenvalue weighted by Crippen LogP contribution is -2.34. The Hall–Kier alpha value is -2.96. The van der Waals surface area contributed by atoms with Gasteiger partial charge in [-0.05, 0) is 35.2 Å². The quantitative estimate of drug-likeness (QED) is 0.620. The lowest BCUT2D eigenvalue weighted by atomic mass is 9.95. The molecule has 2 unspecified atom stereocenters. The molecule has 1 aliphatic rings. The number of pyridine rings is 1.